The van der Waals surface area contributed by atoms with E-state index in [0.29, 0.717) is 0 Å². The molecule has 0 radical (unpaired) electrons. The van der Waals surface area contributed by atoms with Crippen molar-refractivity contribution in [3.05, 3.63) is 11.6 Å². The predicted molar refractivity (Wildman–Crippen MR) is 73.2 cm³/mol. The molecule has 2 rings (SSSR count). The van der Waals surface area contributed by atoms with Crippen LogP contribution in [-0.4, -0.2) is 55.0 Å². The Morgan fingerprint density at radius 2 is 2.00 bits per heavy atom. The number of carbonyl (C=O) groups is 1. The van der Waals surface area contributed by atoms with Crippen molar-refractivity contribution >= 4 is 5.91 Å². The molecule has 102 valence electrons. The fraction of sp³-hybridized carbons (Fsp3) is 0.786. The van der Waals surface area contributed by atoms with Gasteiger partial charge in [-0.1, -0.05) is 11.6 Å². The second-order valence-electron chi connectivity index (χ2n) is 5.28. The Hall–Kier alpha value is -0.870. The molecule has 0 aromatic heterocycles. The first kappa shape index (κ1) is 13.6. The largest absolute Gasteiger partial charge is 0.339 e. The first-order valence-electron chi connectivity index (χ1n) is 7.17. The molecule has 1 saturated heterocycles. The third kappa shape index (κ3) is 3.82. The van der Waals surface area contributed by atoms with Crippen molar-refractivity contribution < 1.29 is 4.79 Å². The number of carbonyl (C=O) groups excluding carboxylic acids is 1. The number of amides is 1. The monoisotopic (exact) mass is 251 g/mol. The van der Waals surface area contributed by atoms with E-state index >= 15 is 0 Å². The Balaban J connectivity index is 1.67. The van der Waals surface area contributed by atoms with E-state index in [1.165, 1.54) is 32.1 Å². The van der Waals surface area contributed by atoms with E-state index in [2.05, 4.69) is 11.0 Å². The third-order valence-electron chi connectivity index (χ3n) is 4.03. The summed E-state index contributed by atoms with van der Waals surface area (Å²) in [4.78, 5) is 15.8. The van der Waals surface area contributed by atoms with Gasteiger partial charge in [0, 0.05) is 32.7 Å². The average molecular weight is 251 g/mol. The lowest BCUT2D eigenvalue weighted by molar-refractivity contribution is -0.131. The zero-order valence-electron chi connectivity index (χ0n) is 11.2. The van der Waals surface area contributed by atoms with Crippen LogP contribution in [0.1, 0.15) is 32.1 Å². The van der Waals surface area contributed by atoms with Gasteiger partial charge in [-0.25, -0.2) is 0 Å². The molecule has 4 heteroatoms. The summed E-state index contributed by atoms with van der Waals surface area (Å²) in [6.45, 7) is 4.98. The van der Waals surface area contributed by atoms with Gasteiger partial charge in [0.1, 0.15) is 0 Å². The van der Waals surface area contributed by atoms with E-state index in [9.17, 15) is 4.79 Å². The molecule has 18 heavy (non-hydrogen) atoms. The van der Waals surface area contributed by atoms with Gasteiger partial charge < -0.3 is 10.6 Å². The van der Waals surface area contributed by atoms with Crippen LogP contribution in [0.15, 0.2) is 11.6 Å². The maximum atomic E-state index is 11.5. The summed E-state index contributed by atoms with van der Waals surface area (Å²) >= 11 is 0. The lowest BCUT2D eigenvalue weighted by atomic mass is 9.97. The Labute approximate surface area is 110 Å². The molecule has 0 aromatic carbocycles. The Morgan fingerprint density at radius 3 is 2.61 bits per heavy atom. The lowest BCUT2D eigenvalue weighted by Crippen LogP contribution is -2.50. The van der Waals surface area contributed by atoms with E-state index in [1.54, 1.807) is 5.57 Å². The minimum atomic E-state index is 0.0876. The molecule has 0 bridgehead atoms. The average Bonchev–Trinajstić information content (AvgIpc) is 2.46. The van der Waals surface area contributed by atoms with E-state index in [1.807, 2.05) is 4.90 Å². The fourth-order valence-electron chi connectivity index (χ4n) is 2.78. The van der Waals surface area contributed by atoms with Crippen molar-refractivity contribution in [2.24, 2.45) is 5.73 Å². The van der Waals surface area contributed by atoms with Gasteiger partial charge in [0.15, 0.2) is 0 Å². The second kappa shape index (κ2) is 6.90. The predicted octanol–water partition coefficient (Wildman–Crippen LogP) is 0.980. The van der Waals surface area contributed by atoms with Crippen molar-refractivity contribution in [1.29, 1.82) is 0 Å². The fourth-order valence-corrected chi connectivity index (χ4v) is 2.78. The van der Waals surface area contributed by atoms with Gasteiger partial charge in [-0.3, -0.25) is 9.69 Å². The van der Waals surface area contributed by atoms with E-state index < -0.39 is 0 Å². The molecule has 4 nitrogen and oxygen atoms in total. The number of nitrogens with two attached hydrogens (primary N) is 1. The van der Waals surface area contributed by atoms with Crippen LogP contribution in [-0.2, 0) is 4.79 Å². The molecule has 2 N–H and O–H groups in total. The van der Waals surface area contributed by atoms with Crippen LogP contribution >= 0.6 is 0 Å². The quantitative estimate of drug-likeness (QED) is 0.758. The third-order valence-corrected chi connectivity index (χ3v) is 4.03. The standard InChI is InChI=1S/C14H25N3O/c15-12-14(18)17-10-8-16(9-11-17)7-6-13-4-2-1-3-5-13/h4H,1-3,5-12,15H2. The number of allylic oxidation sites excluding steroid dienone is 1. The van der Waals surface area contributed by atoms with E-state index in [-0.39, 0.29) is 12.5 Å². The molecule has 1 heterocycles. The Bertz CT molecular complexity index is 306. The lowest BCUT2D eigenvalue weighted by Gasteiger charge is -2.34. The van der Waals surface area contributed by atoms with Crippen LogP contribution in [0.25, 0.3) is 0 Å². The highest BCUT2D eigenvalue weighted by Crippen LogP contribution is 2.20. The normalized spacial score (nSPS) is 21.8. The summed E-state index contributed by atoms with van der Waals surface area (Å²) in [7, 11) is 0. The van der Waals surface area contributed by atoms with Crippen LogP contribution in [0.2, 0.25) is 0 Å². The van der Waals surface area contributed by atoms with Crippen molar-refractivity contribution in [2.75, 3.05) is 39.3 Å². The molecular formula is C14H25N3O. The van der Waals surface area contributed by atoms with E-state index in [0.717, 1.165) is 32.7 Å². The molecule has 1 aliphatic carbocycles. The highest BCUT2D eigenvalue weighted by atomic mass is 16.2. The van der Waals surface area contributed by atoms with Gasteiger partial charge in [-0.2, -0.15) is 0 Å². The molecule has 0 unspecified atom stereocenters. The zero-order valence-corrected chi connectivity index (χ0v) is 11.2. The van der Waals surface area contributed by atoms with Gasteiger partial charge in [0.2, 0.25) is 5.91 Å². The van der Waals surface area contributed by atoms with E-state index in [4.69, 9.17) is 5.73 Å². The summed E-state index contributed by atoms with van der Waals surface area (Å²) in [6, 6.07) is 0. The molecular weight excluding hydrogens is 226 g/mol. The smallest absolute Gasteiger partial charge is 0.236 e. The highest BCUT2D eigenvalue weighted by molar-refractivity contribution is 5.78. The maximum Gasteiger partial charge on any atom is 0.236 e. The van der Waals surface area contributed by atoms with Crippen molar-refractivity contribution in [1.82, 2.24) is 9.80 Å². The van der Waals surface area contributed by atoms with Gasteiger partial charge in [0.25, 0.3) is 0 Å². The summed E-state index contributed by atoms with van der Waals surface area (Å²) in [5.41, 5.74) is 7.02. The second-order valence-corrected chi connectivity index (χ2v) is 5.28. The highest BCUT2D eigenvalue weighted by Gasteiger charge is 2.19. The van der Waals surface area contributed by atoms with Crippen molar-refractivity contribution in [2.45, 2.75) is 32.1 Å². The molecule has 0 aromatic rings. The molecule has 2 aliphatic rings. The number of rotatable bonds is 4. The molecule has 1 fully saturated rings. The summed E-state index contributed by atoms with van der Waals surface area (Å²) < 4.78 is 0. The van der Waals surface area contributed by atoms with Gasteiger partial charge >= 0.3 is 0 Å². The number of hydrogen-bond acceptors (Lipinski definition) is 3. The SMILES string of the molecule is NCC(=O)N1CCN(CCC2=CCCCC2)CC1. The maximum absolute atomic E-state index is 11.5. The minimum absolute atomic E-state index is 0.0876. The minimum Gasteiger partial charge on any atom is -0.339 e. The van der Waals surface area contributed by atoms with Crippen molar-refractivity contribution in [3.8, 4) is 0 Å². The number of nitrogens with zero attached hydrogens (tertiary/aromatic N) is 2. The summed E-state index contributed by atoms with van der Waals surface area (Å²) in [6.07, 6.45) is 8.94. The molecule has 0 saturated carbocycles. The number of hydrogen-bond donors (Lipinski definition) is 1. The number of piperazine rings is 1. The summed E-state index contributed by atoms with van der Waals surface area (Å²) in [5, 5.41) is 0. The molecule has 0 atom stereocenters. The zero-order chi connectivity index (χ0) is 12.8. The van der Waals surface area contributed by atoms with Crippen LogP contribution in [0, 0.1) is 0 Å². The first-order chi connectivity index (χ1) is 8.79. The topological polar surface area (TPSA) is 49.6 Å². The Morgan fingerprint density at radius 1 is 1.22 bits per heavy atom. The van der Waals surface area contributed by atoms with Gasteiger partial charge in [0.05, 0.1) is 6.54 Å². The molecule has 1 aliphatic heterocycles. The van der Waals surface area contributed by atoms with Crippen LogP contribution in [0.3, 0.4) is 0 Å². The first-order valence-corrected chi connectivity index (χ1v) is 7.17. The van der Waals surface area contributed by atoms with Crippen molar-refractivity contribution in [3.63, 3.8) is 0 Å². The summed E-state index contributed by atoms with van der Waals surface area (Å²) in [5.74, 6) is 0.0876. The Kier molecular flexibility index (Phi) is 5.20. The molecule has 1 amide bonds. The molecule has 0 spiro atoms. The van der Waals surface area contributed by atoms with Crippen LogP contribution in [0.5, 0.6) is 0 Å². The van der Waals surface area contributed by atoms with Gasteiger partial charge in [-0.05, 0) is 32.1 Å². The van der Waals surface area contributed by atoms with Gasteiger partial charge in [-0.15, -0.1) is 0 Å². The van der Waals surface area contributed by atoms with Crippen LogP contribution < -0.4 is 5.73 Å². The van der Waals surface area contributed by atoms with Crippen LogP contribution in [0.4, 0.5) is 0 Å².